The molecule has 1 aliphatic heterocycles. The molecule has 2 unspecified atom stereocenters. The Morgan fingerprint density at radius 2 is 2.05 bits per heavy atom. The molecule has 0 saturated carbocycles. The fraction of sp³-hybridized carbons (Fsp3) is 0.533. The van der Waals surface area contributed by atoms with Crippen molar-refractivity contribution in [3.8, 4) is 0 Å². The number of hydrogen-bond donors (Lipinski definition) is 2. The number of nitrogens with two attached hydrogens (primary N) is 1. The standard InChI is InChI=1S/C15H22FN3O/c1-10-5-11(2)8-19(7-10)9-13-4-3-12(6-14(13)16)15(17)18-20/h3-4,6,10-11,20H,5,7-9H2,1-2H3,(H2,17,18). The summed E-state index contributed by atoms with van der Waals surface area (Å²) in [5.74, 6) is 0.923. The Balaban J connectivity index is 2.10. The van der Waals surface area contributed by atoms with Crippen LogP contribution in [0.5, 0.6) is 0 Å². The second-order valence-corrected chi connectivity index (χ2v) is 5.93. The molecular formula is C15H22FN3O. The van der Waals surface area contributed by atoms with Gasteiger partial charge in [0.25, 0.3) is 0 Å². The summed E-state index contributed by atoms with van der Waals surface area (Å²) in [6, 6.07) is 4.72. The lowest BCUT2D eigenvalue weighted by Crippen LogP contribution is -2.38. The third-order valence-electron chi connectivity index (χ3n) is 3.80. The summed E-state index contributed by atoms with van der Waals surface area (Å²) < 4.78 is 14.1. The first kappa shape index (κ1) is 14.8. The monoisotopic (exact) mass is 279 g/mol. The van der Waals surface area contributed by atoms with Crippen molar-refractivity contribution < 1.29 is 9.60 Å². The van der Waals surface area contributed by atoms with E-state index >= 15 is 0 Å². The zero-order valence-corrected chi connectivity index (χ0v) is 12.0. The van der Waals surface area contributed by atoms with Gasteiger partial charge in [0.2, 0.25) is 0 Å². The predicted octanol–water partition coefficient (Wildman–Crippen LogP) is 2.40. The lowest BCUT2D eigenvalue weighted by Gasteiger charge is -2.35. The topological polar surface area (TPSA) is 61.8 Å². The normalized spacial score (nSPS) is 24.9. The van der Waals surface area contributed by atoms with Gasteiger partial charge in [0.1, 0.15) is 5.82 Å². The molecule has 1 aromatic rings. The Kier molecular flexibility index (Phi) is 4.60. The number of rotatable bonds is 3. The van der Waals surface area contributed by atoms with E-state index in [1.54, 1.807) is 12.1 Å². The summed E-state index contributed by atoms with van der Waals surface area (Å²) >= 11 is 0. The Bertz CT molecular complexity index is 494. The Labute approximate surface area is 119 Å². The number of benzene rings is 1. The molecule has 0 radical (unpaired) electrons. The van der Waals surface area contributed by atoms with Gasteiger partial charge in [-0.05, 0) is 24.3 Å². The molecule has 110 valence electrons. The summed E-state index contributed by atoms with van der Waals surface area (Å²) in [6.45, 7) is 7.09. The molecule has 1 fully saturated rings. The van der Waals surface area contributed by atoms with Crippen LogP contribution in [0.2, 0.25) is 0 Å². The van der Waals surface area contributed by atoms with Crippen molar-refractivity contribution in [2.75, 3.05) is 13.1 Å². The highest BCUT2D eigenvalue weighted by Gasteiger charge is 2.22. The minimum absolute atomic E-state index is 0.0735. The van der Waals surface area contributed by atoms with Crippen LogP contribution in [-0.2, 0) is 6.54 Å². The van der Waals surface area contributed by atoms with Gasteiger partial charge in [0.15, 0.2) is 5.84 Å². The molecule has 0 aromatic heterocycles. The molecule has 3 N–H and O–H groups in total. The van der Waals surface area contributed by atoms with Crippen molar-refractivity contribution in [2.24, 2.45) is 22.7 Å². The number of oxime groups is 1. The largest absolute Gasteiger partial charge is 0.409 e. The minimum Gasteiger partial charge on any atom is -0.409 e. The molecule has 0 amide bonds. The van der Waals surface area contributed by atoms with Crippen LogP contribution in [0.4, 0.5) is 4.39 Å². The van der Waals surface area contributed by atoms with Gasteiger partial charge in [0.05, 0.1) is 0 Å². The smallest absolute Gasteiger partial charge is 0.170 e. The predicted molar refractivity (Wildman–Crippen MR) is 77.1 cm³/mol. The van der Waals surface area contributed by atoms with Crippen molar-refractivity contribution in [3.63, 3.8) is 0 Å². The SMILES string of the molecule is CC1CC(C)CN(Cc2ccc(/C(N)=N/O)cc2F)C1. The highest BCUT2D eigenvalue weighted by atomic mass is 19.1. The lowest BCUT2D eigenvalue weighted by atomic mass is 9.91. The summed E-state index contributed by atoms with van der Waals surface area (Å²) in [7, 11) is 0. The van der Waals surface area contributed by atoms with E-state index < -0.39 is 0 Å². The Morgan fingerprint density at radius 1 is 1.40 bits per heavy atom. The maximum atomic E-state index is 14.1. The number of piperidine rings is 1. The Hall–Kier alpha value is -1.62. The van der Waals surface area contributed by atoms with Crippen molar-refractivity contribution in [1.29, 1.82) is 0 Å². The molecular weight excluding hydrogens is 257 g/mol. The molecule has 1 saturated heterocycles. The van der Waals surface area contributed by atoms with Crippen LogP contribution in [-0.4, -0.2) is 29.0 Å². The van der Waals surface area contributed by atoms with E-state index in [0.29, 0.717) is 29.5 Å². The molecule has 0 bridgehead atoms. The summed E-state index contributed by atoms with van der Waals surface area (Å²) in [5, 5.41) is 11.5. The average Bonchev–Trinajstić information content (AvgIpc) is 2.39. The van der Waals surface area contributed by atoms with E-state index in [2.05, 4.69) is 23.9 Å². The molecule has 1 aliphatic rings. The highest BCUT2D eigenvalue weighted by Crippen LogP contribution is 2.23. The highest BCUT2D eigenvalue weighted by molar-refractivity contribution is 5.97. The average molecular weight is 279 g/mol. The van der Waals surface area contributed by atoms with E-state index in [-0.39, 0.29) is 11.7 Å². The minimum atomic E-state index is -0.306. The van der Waals surface area contributed by atoms with Crippen LogP contribution in [0.15, 0.2) is 23.4 Å². The molecule has 0 aliphatic carbocycles. The number of amidine groups is 1. The van der Waals surface area contributed by atoms with Crippen molar-refractivity contribution in [2.45, 2.75) is 26.8 Å². The lowest BCUT2D eigenvalue weighted by molar-refractivity contribution is 0.133. The molecule has 2 rings (SSSR count). The van der Waals surface area contributed by atoms with Crippen LogP contribution < -0.4 is 5.73 Å². The molecule has 1 aromatic carbocycles. The molecule has 4 nitrogen and oxygen atoms in total. The molecule has 20 heavy (non-hydrogen) atoms. The summed E-state index contributed by atoms with van der Waals surface area (Å²) in [6.07, 6.45) is 1.24. The second kappa shape index (κ2) is 6.22. The van der Waals surface area contributed by atoms with Crippen molar-refractivity contribution >= 4 is 5.84 Å². The first-order valence-corrected chi connectivity index (χ1v) is 6.98. The first-order chi connectivity index (χ1) is 9.49. The number of nitrogens with zero attached hydrogens (tertiary/aromatic N) is 2. The van der Waals surface area contributed by atoms with Crippen LogP contribution in [0.25, 0.3) is 0 Å². The molecule has 2 atom stereocenters. The van der Waals surface area contributed by atoms with Gasteiger partial charge in [-0.1, -0.05) is 31.1 Å². The van der Waals surface area contributed by atoms with E-state index in [0.717, 1.165) is 13.1 Å². The molecule has 1 heterocycles. The van der Waals surface area contributed by atoms with Gasteiger partial charge >= 0.3 is 0 Å². The van der Waals surface area contributed by atoms with Gasteiger partial charge in [-0.3, -0.25) is 4.90 Å². The van der Waals surface area contributed by atoms with Gasteiger partial charge in [0, 0.05) is 30.8 Å². The van der Waals surface area contributed by atoms with Crippen LogP contribution in [0.1, 0.15) is 31.4 Å². The molecule has 0 spiro atoms. The van der Waals surface area contributed by atoms with E-state index in [1.807, 2.05) is 0 Å². The van der Waals surface area contributed by atoms with Crippen molar-refractivity contribution in [1.82, 2.24) is 4.90 Å². The third-order valence-corrected chi connectivity index (χ3v) is 3.80. The Morgan fingerprint density at radius 3 is 2.60 bits per heavy atom. The quantitative estimate of drug-likeness (QED) is 0.386. The summed E-state index contributed by atoms with van der Waals surface area (Å²) in [4.78, 5) is 2.29. The maximum Gasteiger partial charge on any atom is 0.170 e. The van der Waals surface area contributed by atoms with Crippen LogP contribution in [0, 0.1) is 17.7 Å². The van der Waals surface area contributed by atoms with Gasteiger partial charge in [-0.2, -0.15) is 0 Å². The van der Waals surface area contributed by atoms with Crippen molar-refractivity contribution in [3.05, 3.63) is 35.1 Å². The number of hydrogen-bond acceptors (Lipinski definition) is 3. The van der Waals surface area contributed by atoms with Gasteiger partial charge in [-0.15, -0.1) is 0 Å². The van der Waals surface area contributed by atoms with E-state index in [4.69, 9.17) is 10.9 Å². The maximum absolute atomic E-state index is 14.1. The third kappa shape index (κ3) is 3.48. The number of halogens is 1. The van der Waals surface area contributed by atoms with Gasteiger partial charge in [-0.25, -0.2) is 4.39 Å². The zero-order valence-electron chi connectivity index (χ0n) is 12.0. The van der Waals surface area contributed by atoms with Gasteiger partial charge < -0.3 is 10.9 Å². The fourth-order valence-electron chi connectivity index (χ4n) is 3.05. The zero-order chi connectivity index (χ0) is 14.7. The fourth-order valence-corrected chi connectivity index (χ4v) is 3.05. The van der Waals surface area contributed by atoms with Crippen LogP contribution in [0.3, 0.4) is 0 Å². The second-order valence-electron chi connectivity index (χ2n) is 5.93. The van der Waals surface area contributed by atoms with E-state index in [1.165, 1.54) is 12.5 Å². The van der Waals surface area contributed by atoms with E-state index in [9.17, 15) is 4.39 Å². The first-order valence-electron chi connectivity index (χ1n) is 6.98. The van der Waals surface area contributed by atoms with Crippen LogP contribution >= 0.6 is 0 Å². The number of likely N-dealkylation sites (tertiary alicyclic amines) is 1. The molecule has 5 heteroatoms. The summed E-state index contributed by atoms with van der Waals surface area (Å²) in [5.41, 5.74) is 6.51.